The van der Waals surface area contributed by atoms with Gasteiger partial charge in [0.25, 0.3) is 0 Å². The monoisotopic (exact) mass is 453 g/mol. The summed E-state index contributed by atoms with van der Waals surface area (Å²) in [6.07, 6.45) is 2.19. The van der Waals surface area contributed by atoms with Crippen molar-refractivity contribution < 1.29 is 13.6 Å². The molecule has 1 amide bonds. The maximum absolute atomic E-state index is 12.5. The van der Waals surface area contributed by atoms with Gasteiger partial charge in [-0.15, -0.1) is 0 Å². The van der Waals surface area contributed by atoms with Crippen LogP contribution in [0.4, 0.5) is 5.69 Å². The fourth-order valence-corrected chi connectivity index (χ4v) is 3.76. The Labute approximate surface area is 175 Å². The van der Waals surface area contributed by atoms with E-state index >= 15 is 0 Å². The molecule has 0 aliphatic rings. The van der Waals surface area contributed by atoms with Crippen molar-refractivity contribution in [2.24, 2.45) is 0 Å². The van der Waals surface area contributed by atoms with Crippen LogP contribution in [0, 0.1) is 20.8 Å². The molecule has 1 N–H and O–H groups in total. The molecule has 148 valence electrons. The average Bonchev–Trinajstić information content (AvgIpc) is 3.03. The Morgan fingerprint density at radius 2 is 1.83 bits per heavy atom. The van der Waals surface area contributed by atoms with Gasteiger partial charge in [-0.1, -0.05) is 15.9 Å². The number of hydrogen-bond acceptors (Lipinski definition) is 4. The molecule has 0 unspecified atom stereocenters. The molecule has 0 saturated heterocycles. The highest BCUT2D eigenvalue weighted by Gasteiger charge is 2.15. The van der Waals surface area contributed by atoms with E-state index in [0.717, 1.165) is 37.6 Å². The number of rotatable bonds is 4. The van der Waals surface area contributed by atoms with Gasteiger partial charge in [0.2, 0.25) is 5.91 Å². The number of carbonyl (C=O) groups excluding carboxylic acids is 1. The normalized spacial score (nSPS) is 11.3. The van der Waals surface area contributed by atoms with E-state index in [1.807, 2.05) is 45.0 Å². The second-order valence-electron chi connectivity index (χ2n) is 7.27. The van der Waals surface area contributed by atoms with Crippen LogP contribution in [0.2, 0.25) is 0 Å². The molecule has 4 rings (SSSR count). The third-order valence-corrected chi connectivity index (χ3v) is 6.11. The van der Waals surface area contributed by atoms with E-state index in [4.69, 9.17) is 8.83 Å². The number of halogens is 1. The number of nitrogens with one attached hydrogen (secondary N) is 1. The quantitative estimate of drug-likeness (QED) is 0.396. The number of carbonyl (C=O) groups is 1. The molecule has 0 spiro atoms. The van der Waals surface area contributed by atoms with Gasteiger partial charge in [-0.3, -0.25) is 4.79 Å². The van der Waals surface area contributed by atoms with Crippen LogP contribution in [-0.4, -0.2) is 5.91 Å². The SMILES string of the molecule is Cc1cc(NC(=O)CCc2c(C)c3cc4c(C)coc4cc3oc2=O)ccc1Br. The van der Waals surface area contributed by atoms with Crippen LogP contribution in [0.5, 0.6) is 0 Å². The van der Waals surface area contributed by atoms with Crippen LogP contribution in [0.15, 0.2) is 54.7 Å². The third-order valence-electron chi connectivity index (χ3n) is 5.22. The average molecular weight is 454 g/mol. The summed E-state index contributed by atoms with van der Waals surface area (Å²) in [5, 5.41) is 4.73. The second kappa shape index (κ2) is 7.52. The fourth-order valence-electron chi connectivity index (χ4n) is 3.51. The third kappa shape index (κ3) is 3.72. The summed E-state index contributed by atoms with van der Waals surface area (Å²) in [5.41, 5.74) is 4.93. The number of hydrogen-bond donors (Lipinski definition) is 1. The fraction of sp³-hybridized carbons (Fsp3) is 0.217. The largest absolute Gasteiger partial charge is 0.464 e. The second-order valence-corrected chi connectivity index (χ2v) is 8.12. The van der Waals surface area contributed by atoms with Crippen LogP contribution in [0.25, 0.3) is 21.9 Å². The molecule has 0 aliphatic carbocycles. The number of anilines is 1. The molecule has 0 bridgehead atoms. The number of fused-ring (bicyclic) bond motifs is 2. The molecule has 5 nitrogen and oxygen atoms in total. The Morgan fingerprint density at radius 1 is 1.03 bits per heavy atom. The zero-order valence-electron chi connectivity index (χ0n) is 16.4. The van der Waals surface area contributed by atoms with Gasteiger partial charge in [0.05, 0.1) is 6.26 Å². The van der Waals surface area contributed by atoms with Gasteiger partial charge in [0.15, 0.2) is 0 Å². The summed E-state index contributed by atoms with van der Waals surface area (Å²) in [6.45, 7) is 5.83. The van der Waals surface area contributed by atoms with Gasteiger partial charge in [0, 0.05) is 39.0 Å². The van der Waals surface area contributed by atoms with Gasteiger partial charge < -0.3 is 14.2 Å². The zero-order chi connectivity index (χ0) is 20.7. The minimum atomic E-state index is -0.412. The Kier molecular flexibility index (Phi) is 5.04. The minimum absolute atomic E-state index is 0.147. The summed E-state index contributed by atoms with van der Waals surface area (Å²) in [4.78, 5) is 24.9. The van der Waals surface area contributed by atoms with Crippen molar-refractivity contribution in [3.63, 3.8) is 0 Å². The summed E-state index contributed by atoms with van der Waals surface area (Å²) >= 11 is 3.45. The highest BCUT2D eigenvalue weighted by atomic mass is 79.9. The number of benzene rings is 2. The smallest absolute Gasteiger partial charge is 0.339 e. The maximum Gasteiger partial charge on any atom is 0.339 e. The Morgan fingerprint density at radius 3 is 2.59 bits per heavy atom. The Hall–Kier alpha value is -2.86. The maximum atomic E-state index is 12.5. The van der Waals surface area contributed by atoms with Gasteiger partial charge in [-0.25, -0.2) is 4.79 Å². The first-order chi connectivity index (χ1) is 13.8. The highest BCUT2D eigenvalue weighted by Crippen LogP contribution is 2.29. The lowest BCUT2D eigenvalue weighted by Gasteiger charge is -2.09. The van der Waals surface area contributed by atoms with Crippen LogP contribution in [-0.2, 0) is 11.2 Å². The molecule has 0 radical (unpaired) electrons. The minimum Gasteiger partial charge on any atom is -0.464 e. The van der Waals surface area contributed by atoms with Gasteiger partial charge >= 0.3 is 5.63 Å². The van der Waals surface area contributed by atoms with Gasteiger partial charge in [0.1, 0.15) is 11.2 Å². The van der Waals surface area contributed by atoms with E-state index in [1.54, 1.807) is 12.3 Å². The van der Waals surface area contributed by atoms with Crippen molar-refractivity contribution in [2.45, 2.75) is 33.6 Å². The van der Waals surface area contributed by atoms with Crippen LogP contribution >= 0.6 is 15.9 Å². The van der Waals surface area contributed by atoms with Crippen molar-refractivity contribution in [1.82, 2.24) is 0 Å². The van der Waals surface area contributed by atoms with Gasteiger partial charge in [-0.2, -0.15) is 0 Å². The molecule has 2 aromatic heterocycles. The lowest BCUT2D eigenvalue weighted by Crippen LogP contribution is -2.16. The molecule has 29 heavy (non-hydrogen) atoms. The van der Waals surface area contributed by atoms with Crippen molar-refractivity contribution in [3.8, 4) is 0 Å². The van der Waals surface area contributed by atoms with Crippen LogP contribution in [0.3, 0.4) is 0 Å². The van der Waals surface area contributed by atoms with Crippen molar-refractivity contribution >= 4 is 49.5 Å². The molecule has 2 aromatic carbocycles. The number of aryl methyl sites for hydroxylation is 3. The van der Waals surface area contributed by atoms with E-state index in [0.29, 0.717) is 23.2 Å². The van der Waals surface area contributed by atoms with Crippen molar-refractivity contribution in [3.05, 3.63) is 73.7 Å². The summed E-state index contributed by atoms with van der Waals surface area (Å²) in [7, 11) is 0. The topological polar surface area (TPSA) is 72.5 Å². The molecule has 0 saturated carbocycles. The summed E-state index contributed by atoms with van der Waals surface area (Å²) < 4.78 is 12.0. The first kappa shape index (κ1) is 19.5. The van der Waals surface area contributed by atoms with E-state index in [-0.39, 0.29) is 12.3 Å². The van der Waals surface area contributed by atoms with E-state index < -0.39 is 5.63 Å². The van der Waals surface area contributed by atoms with Crippen molar-refractivity contribution in [2.75, 3.05) is 5.32 Å². The number of amides is 1. The molecule has 0 aliphatic heterocycles. The summed E-state index contributed by atoms with van der Waals surface area (Å²) in [5.74, 6) is -0.147. The molecular formula is C23H20BrNO4. The standard InChI is InChI=1S/C23H20BrNO4/c1-12-8-15(4-6-19(12)24)25-22(26)7-5-16-14(3)18-9-17-13(2)11-28-20(17)10-21(18)29-23(16)27/h4,6,8-11H,5,7H2,1-3H3,(H,25,26). The molecule has 0 fully saturated rings. The van der Waals surface area contributed by atoms with E-state index in [2.05, 4.69) is 21.2 Å². The summed E-state index contributed by atoms with van der Waals surface area (Å²) in [6, 6.07) is 9.36. The van der Waals surface area contributed by atoms with Gasteiger partial charge in [-0.05, 0) is 68.1 Å². The molecule has 0 atom stereocenters. The molecular weight excluding hydrogens is 434 g/mol. The predicted molar refractivity (Wildman–Crippen MR) is 118 cm³/mol. The Bertz CT molecular complexity index is 1320. The molecule has 4 aromatic rings. The first-order valence-electron chi connectivity index (χ1n) is 9.33. The van der Waals surface area contributed by atoms with E-state index in [9.17, 15) is 9.59 Å². The lowest BCUT2D eigenvalue weighted by atomic mass is 10.0. The number of furan rings is 1. The molecule has 6 heteroatoms. The highest BCUT2D eigenvalue weighted by molar-refractivity contribution is 9.10. The lowest BCUT2D eigenvalue weighted by molar-refractivity contribution is -0.116. The first-order valence-corrected chi connectivity index (χ1v) is 10.1. The molecule has 2 heterocycles. The predicted octanol–water partition coefficient (Wildman–Crippen LogP) is 5.80. The van der Waals surface area contributed by atoms with E-state index in [1.165, 1.54) is 0 Å². The Balaban J connectivity index is 1.59. The van der Waals surface area contributed by atoms with Crippen LogP contribution in [0.1, 0.15) is 28.7 Å². The zero-order valence-corrected chi connectivity index (χ0v) is 18.0. The van der Waals surface area contributed by atoms with Crippen molar-refractivity contribution in [1.29, 1.82) is 0 Å². The van der Waals surface area contributed by atoms with Crippen LogP contribution < -0.4 is 10.9 Å².